The van der Waals surface area contributed by atoms with Crippen molar-refractivity contribution in [2.24, 2.45) is 0 Å². The number of benzene rings is 8. The highest BCUT2D eigenvalue weighted by atomic mass is 32.1. The fourth-order valence-electron chi connectivity index (χ4n) is 8.97. The minimum absolute atomic E-state index is 0.563. The molecule has 0 N–H and O–H groups in total. The molecule has 3 heterocycles. The number of rotatable bonds is 6. The van der Waals surface area contributed by atoms with Gasteiger partial charge in [0.2, 0.25) is 0 Å². The van der Waals surface area contributed by atoms with Crippen molar-refractivity contribution >= 4 is 60.2 Å². The summed E-state index contributed by atoms with van der Waals surface area (Å²) in [4.78, 5) is 16.7. The van der Waals surface area contributed by atoms with Gasteiger partial charge in [0.15, 0.2) is 17.5 Å². The number of furan rings is 1. The lowest BCUT2D eigenvalue weighted by Gasteiger charge is -2.12. The Kier molecular flexibility index (Phi) is 8.36. The number of fused-ring (bicyclic) bond motifs is 7. The van der Waals surface area contributed by atoms with E-state index in [2.05, 4.69) is 159 Å². The minimum Gasteiger partial charge on any atom is -0.456 e. The number of hydrogen-bond acceptors (Lipinski definition) is 5. The average molecular weight is 800 g/mol. The maximum atomic E-state index is 6.51. The van der Waals surface area contributed by atoms with E-state index in [0.717, 1.165) is 78.1 Å². The fourth-order valence-corrected chi connectivity index (χ4v) is 10.2. The highest BCUT2D eigenvalue weighted by Gasteiger charge is 2.20. The van der Waals surface area contributed by atoms with Crippen LogP contribution in [-0.4, -0.2) is 15.0 Å². The van der Waals surface area contributed by atoms with Gasteiger partial charge in [-0.1, -0.05) is 146 Å². The summed E-state index contributed by atoms with van der Waals surface area (Å²) in [5.74, 6) is 2.46. The van der Waals surface area contributed by atoms with E-state index < -0.39 is 0 Å². The number of hydrogen-bond donors (Lipinski definition) is 0. The number of thiophene rings is 1. The lowest BCUT2D eigenvalue weighted by Crippen LogP contribution is -2.00. The van der Waals surface area contributed by atoms with Gasteiger partial charge >= 0.3 is 0 Å². The zero-order valence-corrected chi connectivity index (χ0v) is 34.2. The van der Waals surface area contributed by atoms with E-state index in [1.165, 1.54) is 31.7 Å². The number of nitrogens with zero attached hydrogens (tertiary/aromatic N) is 3. The van der Waals surface area contributed by atoms with Crippen molar-refractivity contribution in [1.82, 2.24) is 15.0 Å². The van der Waals surface area contributed by atoms with Crippen molar-refractivity contribution in [2.75, 3.05) is 0 Å². The summed E-state index contributed by atoms with van der Waals surface area (Å²) >= 11 is 1.94. The molecule has 12 rings (SSSR count). The van der Waals surface area contributed by atoms with E-state index >= 15 is 0 Å². The molecular formula is C56H37N3OS. The lowest BCUT2D eigenvalue weighted by atomic mass is 9.93. The molecule has 1 unspecified atom stereocenters. The van der Waals surface area contributed by atoms with Crippen molar-refractivity contribution < 1.29 is 4.42 Å². The number of allylic oxidation sites excluding steroid dienone is 1. The standard InChI is InChI=1S/C56H37N3OS/c1-34-11-8-19-46-47-32-40(26-28-51(47)61-53(34)46)39-25-27-49-48(33-39)52-45(18-10-20-50(52)60-49)41-23-21-36-22-24-43(31-44(36)30-41)56-58-54(37-14-6-3-7-15-37)57-55(59-56)42-17-9-16-38(29-42)35-12-4-2-5-13-35/h2-10,12-34H,11H2,1H3. The Morgan fingerprint density at radius 1 is 0.475 bits per heavy atom. The van der Waals surface area contributed by atoms with Crippen molar-refractivity contribution in [2.45, 2.75) is 19.3 Å². The molecule has 0 amide bonds. The molecule has 0 radical (unpaired) electrons. The van der Waals surface area contributed by atoms with Crippen molar-refractivity contribution in [1.29, 1.82) is 0 Å². The van der Waals surface area contributed by atoms with E-state index in [1.807, 2.05) is 47.7 Å². The predicted octanol–water partition coefficient (Wildman–Crippen LogP) is 15.7. The van der Waals surface area contributed by atoms with Gasteiger partial charge in [-0.25, -0.2) is 15.0 Å². The van der Waals surface area contributed by atoms with Gasteiger partial charge in [0.05, 0.1) is 0 Å². The molecule has 11 aromatic rings. The fraction of sp³-hybridized carbons (Fsp3) is 0.0536. The van der Waals surface area contributed by atoms with Crippen molar-refractivity contribution in [3.63, 3.8) is 0 Å². The second-order valence-electron chi connectivity index (χ2n) is 16.0. The van der Waals surface area contributed by atoms with Crippen LogP contribution >= 0.6 is 11.3 Å². The highest BCUT2D eigenvalue weighted by molar-refractivity contribution is 7.19. The molecule has 0 bridgehead atoms. The van der Waals surface area contributed by atoms with Crippen LogP contribution in [0.1, 0.15) is 29.7 Å². The van der Waals surface area contributed by atoms with Crippen LogP contribution in [0, 0.1) is 0 Å². The summed E-state index contributed by atoms with van der Waals surface area (Å²) in [6.45, 7) is 2.34. The molecular weight excluding hydrogens is 763 g/mol. The first kappa shape index (κ1) is 35.5. The van der Waals surface area contributed by atoms with E-state index in [0.29, 0.717) is 23.4 Å². The first-order chi connectivity index (χ1) is 30.1. The van der Waals surface area contributed by atoms with Crippen LogP contribution in [0.25, 0.3) is 116 Å². The van der Waals surface area contributed by atoms with Crippen LogP contribution in [0.4, 0.5) is 0 Å². The largest absolute Gasteiger partial charge is 0.456 e. The summed E-state index contributed by atoms with van der Waals surface area (Å²) in [6, 6.07) is 62.1. The molecule has 1 aliphatic rings. The molecule has 0 saturated heterocycles. The van der Waals surface area contributed by atoms with Gasteiger partial charge in [0, 0.05) is 42.4 Å². The van der Waals surface area contributed by atoms with Gasteiger partial charge in [-0.2, -0.15) is 0 Å². The molecule has 0 aliphatic heterocycles. The third kappa shape index (κ3) is 6.25. The Morgan fingerprint density at radius 2 is 1.08 bits per heavy atom. The molecule has 8 aromatic carbocycles. The van der Waals surface area contributed by atoms with Gasteiger partial charge in [-0.05, 0) is 111 Å². The van der Waals surface area contributed by atoms with Crippen molar-refractivity contribution in [3.8, 4) is 67.5 Å². The summed E-state index contributed by atoms with van der Waals surface area (Å²) in [7, 11) is 0. The average Bonchev–Trinajstić information content (AvgIpc) is 3.90. The molecule has 1 atom stereocenters. The smallest absolute Gasteiger partial charge is 0.164 e. The topological polar surface area (TPSA) is 51.8 Å². The predicted molar refractivity (Wildman–Crippen MR) is 255 cm³/mol. The normalized spacial score (nSPS) is 13.7. The molecule has 4 nitrogen and oxygen atoms in total. The van der Waals surface area contributed by atoms with Crippen LogP contribution < -0.4 is 0 Å². The van der Waals surface area contributed by atoms with Crippen LogP contribution in [0.2, 0.25) is 0 Å². The Labute approximate surface area is 357 Å². The quantitative estimate of drug-likeness (QED) is 0.168. The Bertz CT molecular complexity index is 3530. The molecule has 0 fully saturated rings. The van der Waals surface area contributed by atoms with E-state index in [1.54, 1.807) is 0 Å². The van der Waals surface area contributed by atoms with Gasteiger partial charge in [0.1, 0.15) is 11.2 Å². The zero-order valence-electron chi connectivity index (χ0n) is 33.3. The molecule has 1 aliphatic carbocycles. The summed E-state index contributed by atoms with van der Waals surface area (Å²) < 4.78 is 7.86. The number of aromatic nitrogens is 3. The summed E-state index contributed by atoms with van der Waals surface area (Å²) in [6.07, 6.45) is 5.75. The molecule has 0 saturated carbocycles. The third-order valence-electron chi connectivity index (χ3n) is 12.1. The SMILES string of the molecule is CC1CC=Cc2c1sc1ccc(-c3ccc4oc5cccc(-c6ccc7ccc(-c8nc(-c9ccccc9)nc(-c9cccc(-c%10ccccc%10)c9)n8)cc7c6)c5c4c3)cc21. The van der Waals surface area contributed by atoms with Gasteiger partial charge in [-0.15, -0.1) is 11.3 Å². The first-order valence-electron chi connectivity index (χ1n) is 20.8. The van der Waals surface area contributed by atoms with Gasteiger partial charge in [0.25, 0.3) is 0 Å². The van der Waals surface area contributed by atoms with Crippen LogP contribution in [0.5, 0.6) is 0 Å². The first-order valence-corrected chi connectivity index (χ1v) is 21.6. The second-order valence-corrected chi connectivity index (χ2v) is 17.1. The molecule has 5 heteroatoms. The Hall–Kier alpha value is -7.47. The Balaban J connectivity index is 0.958. The Morgan fingerprint density at radius 3 is 1.89 bits per heavy atom. The zero-order chi connectivity index (χ0) is 40.4. The molecule has 0 spiro atoms. The van der Waals surface area contributed by atoms with Crippen LogP contribution in [0.15, 0.2) is 186 Å². The van der Waals surface area contributed by atoms with Crippen LogP contribution in [0.3, 0.4) is 0 Å². The monoisotopic (exact) mass is 799 g/mol. The highest BCUT2D eigenvalue weighted by Crippen LogP contribution is 2.44. The summed E-state index contributed by atoms with van der Waals surface area (Å²) in [5.41, 5.74) is 12.9. The minimum atomic E-state index is 0.563. The van der Waals surface area contributed by atoms with E-state index in [-0.39, 0.29) is 0 Å². The second kappa shape index (κ2) is 14.4. The molecule has 288 valence electrons. The third-order valence-corrected chi connectivity index (χ3v) is 13.5. The summed E-state index contributed by atoms with van der Waals surface area (Å²) in [5, 5.41) is 5.82. The van der Waals surface area contributed by atoms with Crippen LogP contribution in [-0.2, 0) is 0 Å². The molecule has 61 heavy (non-hydrogen) atoms. The van der Waals surface area contributed by atoms with E-state index in [4.69, 9.17) is 19.4 Å². The van der Waals surface area contributed by atoms with Gasteiger partial charge < -0.3 is 4.42 Å². The molecule has 3 aromatic heterocycles. The lowest BCUT2D eigenvalue weighted by molar-refractivity contribution is 0.669. The van der Waals surface area contributed by atoms with Crippen molar-refractivity contribution in [3.05, 3.63) is 192 Å². The van der Waals surface area contributed by atoms with Gasteiger partial charge in [-0.3, -0.25) is 0 Å². The maximum absolute atomic E-state index is 6.51. The maximum Gasteiger partial charge on any atom is 0.164 e. The van der Waals surface area contributed by atoms with E-state index in [9.17, 15) is 0 Å².